The van der Waals surface area contributed by atoms with E-state index in [1.54, 1.807) is 51.4 Å². The Morgan fingerprint density at radius 1 is 1.21 bits per heavy atom. The van der Waals surface area contributed by atoms with Crippen LogP contribution in [0, 0.1) is 6.92 Å². The fraction of sp³-hybridized carbons (Fsp3) is 0.250. The molecule has 0 atom stereocenters. The van der Waals surface area contributed by atoms with E-state index in [9.17, 15) is 8.42 Å². The maximum absolute atomic E-state index is 12.2. The zero-order valence-electron chi connectivity index (χ0n) is 11.0. The average Bonchev–Trinajstić information content (AvgIpc) is 2.67. The molecule has 1 aromatic carbocycles. The quantitative estimate of drug-likeness (QED) is 0.891. The number of aromatic nitrogens is 2. The summed E-state index contributed by atoms with van der Waals surface area (Å²) < 4.78 is 28.4. The summed E-state index contributed by atoms with van der Waals surface area (Å²) in [5, 5.41) is 7.03. The number of nitrogens with zero attached hydrogens (tertiary/aromatic N) is 2. The molecule has 0 spiro atoms. The van der Waals surface area contributed by atoms with Gasteiger partial charge in [0.1, 0.15) is 5.82 Å². The molecule has 0 saturated heterocycles. The molecular weight excluding hydrogens is 264 g/mol. The van der Waals surface area contributed by atoms with Crippen LogP contribution >= 0.6 is 0 Å². The van der Waals surface area contributed by atoms with Gasteiger partial charge in [-0.3, -0.25) is 9.40 Å². The molecule has 0 aliphatic heterocycles. The molecule has 1 heterocycles. The van der Waals surface area contributed by atoms with Crippen LogP contribution in [0.25, 0.3) is 0 Å². The van der Waals surface area contributed by atoms with Gasteiger partial charge in [0.2, 0.25) is 0 Å². The van der Waals surface area contributed by atoms with Gasteiger partial charge in [-0.25, -0.2) is 8.42 Å². The van der Waals surface area contributed by atoms with Crippen LogP contribution in [0.1, 0.15) is 5.69 Å². The first-order valence-electron chi connectivity index (χ1n) is 5.73. The summed E-state index contributed by atoms with van der Waals surface area (Å²) in [7, 11) is -0.119. The third-order valence-electron chi connectivity index (χ3n) is 2.69. The first-order chi connectivity index (χ1) is 8.92. The van der Waals surface area contributed by atoms with Crippen LogP contribution in [-0.2, 0) is 17.1 Å². The zero-order chi connectivity index (χ0) is 14.0. The van der Waals surface area contributed by atoms with Gasteiger partial charge in [0, 0.05) is 25.8 Å². The van der Waals surface area contributed by atoms with Crippen molar-refractivity contribution in [3.63, 3.8) is 0 Å². The topological polar surface area (TPSA) is 76.0 Å². The van der Waals surface area contributed by atoms with Crippen molar-refractivity contribution >= 4 is 21.5 Å². The van der Waals surface area contributed by atoms with E-state index in [-0.39, 0.29) is 4.90 Å². The van der Waals surface area contributed by atoms with E-state index in [0.717, 1.165) is 11.4 Å². The Morgan fingerprint density at radius 2 is 1.84 bits per heavy atom. The summed E-state index contributed by atoms with van der Waals surface area (Å²) in [5.74, 6) is 0.440. The number of benzene rings is 1. The molecule has 0 bridgehead atoms. The lowest BCUT2D eigenvalue weighted by Crippen LogP contribution is -2.15. The SMILES string of the molecule is CNc1ccc(S(=O)(=O)Nc2cc(C)nn2C)cc1. The van der Waals surface area contributed by atoms with Crippen LogP contribution in [0.2, 0.25) is 0 Å². The number of anilines is 2. The molecule has 0 aliphatic carbocycles. The number of hydrogen-bond acceptors (Lipinski definition) is 4. The zero-order valence-corrected chi connectivity index (χ0v) is 11.8. The van der Waals surface area contributed by atoms with Gasteiger partial charge < -0.3 is 5.32 Å². The van der Waals surface area contributed by atoms with Crippen molar-refractivity contribution in [2.45, 2.75) is 11.8 Å². The van der Waals surface area contributed by atoms with Crippen molar-refractivity contribution < 1.29 is 8.42 Å². The summed E-state index contributed by atoms with van der Waals surface area (Å²) in [6.45, 7) is 1.81. The molecule has 2 N–H and O–H groups in total. The number of hydrogen-bond donors (Lipinski definition) is 2. The summed E-state index contributed by atoms with van der Waals surface area (Å²) in [6.07, 6.45) is 0. The van der Waals surface area contributed by atoms with Crippen LogP contribution in [0.3, 0.4) is 0 Å². The maximum Gasteiger partial charge on any atom is 0.263 e. The molecule has 0 unspecified atom stereocenters. The van der Waals surface area contributed by atoms with Gasteiger partial charge >= 0.3 is 0 Å². The molecule has 0 amide bonds. The highest BCUT2D eigenvalue weighted by Crippen LogP contribution is 2.18. The third-order valence-corrected chi connectivity index (χ3v) is 4.06. The van der Waals surface area contributed by atoms with E-state index in [2.05, 4.69) is 15.1 Å². The number of aryl methyl sites for hydroxylation is 2. The lowest BCUT2D eigenvalue weighted by Gasteiger charge is -2.08. The molecule has 0 aliphatic rings. The smallest absolute Gasteiger partial charge is 0.263 e. The predicted octanol–water partition coefficient (Wildman–Crippen LogP) is 1.57. The monoisotopic (exact) mass is 280 g/mol. The molecule has 0 radical (unpaired) electrons. The Labute approximate surface area is 112 Å². The highest BCUT2D eigenvalue weighted by molar-refractivity contribution is 7.92. The van der Waals surface area contributed by atoms with Gasteiger partial charge in [-0.1, -0.05) is 0 Å². The Balaban J connectivity index is 2.29. The third kappa shape index (κ3) is 2.87. The molecule has 0 saturated carbocycles. The largest absolute Gasteiger partial charge is 0.388 e. The Kier molecular flexibility index (Phi) is 3.48. The van der Waals surface area contributed by atoms with Gasteiger partial charge in [0.05, 0.1) is 10.6 Å². The first kappa shape index (κ1) is 13.4. The molecule has 102 valence electrons. The van der Waals surface area contributed by atoms with Gasteiger partial charge in [-0.15, -0.1) is 0 Å². The summed E-state index contributed by atoms with van der Waals surface area (Å²) in [5.41, 5.74) is 1.61. The molecule has 2 aromatic rings. The Morgan fingerprint density at radius 3 is 2.32 bits per heavy atom. The van der Waals surface area contributed by atoms with Crippen molar-refractivity contribution in [2.24, 2.45) is 7.05 Å². The molecule has 2 rings (SSSR count). The summed E-state index contributed by atoms with van der Waals surface area (Å²) in [4.78, 5) is 0.213. The number of nitrogens with one attached hydrogen (secondary N) is 2. The minimum absolute atomic E-state index is 0.213. The second-order valence-corrected chi connectivity index (χ2v) is 5.86. The molecule has 0 fully saturated rings. The standard InChI is InChI=1S/C12H16N4O2S/c1-9-8-12(16(3)14-9)15-19(17,18)11-6-4-10(13-2)5-7-11/h4-8,13,15H,1-3H3. The van der Waals surface area contributed by atoms with Gasteiger partial charge in [0.25, 0.3) is 10.0 Å². The maximum atomic E-state index is 12.2. The van der Waals surface area contributed by atoms with E-state index < -0.39 is 10.0 Å². The Hall–Kier alpha value is -2.02. The van der Waals surface area contributed by atoms with Crippen molar-refractivity contribution in [1.82, 2.24) is 9.78 Å². The summed E-state index contributed by atoms with van der Waals surface area (Å²) in [6, 6.07) is 8.21. The minimum atomic E-state index is -3.59. The van der Waals surface area contributed by atoms with Crippen LogP contribution < -0.4 is 10.0 Å². The molecular formula is C12H16N4O2S. The normalized spacial score (nSPS) is 11.3. The average molecular weight is 280 g/mol. The highest BCUT2D eigenvalue weighted by Gasteiger charge is 2.16. The fourth-order valence-electron chi connectivity index (χ4n) is 1.70. The van der Waals surface area contributed by atoms with Gasteiger partial charge in [0.15, 0.2) is 0 Å². The van der Waals surface area contributed by atoms with Crippen LogP contribution in [0.15, 0.2) is 35.2 Å². The molecule has 7 heteroatoms. The highest BCUT2D eigenvalue weighted by atomic mass is 32.2. The van der Waals surface area contributed by atoms with E-state index in [1.165, 1.54) is 4.68 Å². The van der Waals surface area contributed by atoms with Crippen molar-refractivity contribution in [1.29, 1.82) is 0 Å². The van der Waals surface area contributed by atoms with Crippen LogP contribution in [-0.4, -0.2) is 25.2 Å². The minimum Gasteiger partial charge on any atom is -0.388 e. The van der Waals surface area contributed by atoms with Gasteiger partial charge in [-0.2, -0.15) is 5.10 Å². The predicted molar refractivity (Wildman–Crippen MR) is 74.7 cm³/mol. The van der Waals surface area contributed by atoms with Crippen LogP contribution in [0.5, 0.6) is 0 Å². The fourth-order valence-corrected chi connectivity index (χ4v) is 2.78. The van der Waals surface area contributed by atoms with E-state index >= 15 is 0 Å². The number of sulfonamides is 1. The summed E-state index contributed by atoms with van der Waals surface area (Å²) >= 11 is 0. The first-order valence-corrected chi connectivity index (χ1v) is 7.22. The lowest BCUT2D eigenvalue weighted by molar-refractivity contribution is 0.600. The van der Waals surface area contributed by atoms with Crippen molar-refractivity contribution in [3.05, 3.63) is 36.0 Å². The molecule has 1 aromatic heterocycles. The second-order valence-electron chi connectivity index (χ2n) is 4.17. The van der Waals surface area contributed by atoms with E-state index in [4.69, 9.17) is 0 Å². The van der Waals surface area contributed by atoms with Gasteiger partial charge in [-0.05, 0) is 31.2 Å². The van der Waals surface area contributed by atoms with Crippen LogP contribution in [0.4, 0.5) is 11.5 Å². The number of rotatable bonds is 4. The molecule has 19 heavy (non-hydrogen) atoms. The second kappa shape index (κ2) is 4.93. The lowest BCUT2D eigenvalue weighted by atomic mass is 10.3. The van der Waals surface area contributed by atoms with E-state index in [1.807, 2.05) is 0 Å². The van der Waals surface area contributed by atoms with E-state index in [0.29, 0.717) is 5.82 Å². The molecule has 6 nitrogen and oxygen atoms in total. The van der Waals surface area contributed by atoms with Crippen molar-refractivity contribution in [2.75, 3.05) is 17.1 Å². The Bertz CT molecular complexity index is 674. The van der Waals surface area contributed by atoms with Crippen molar-refractivity contribution in [3.8, 4) is 0 Å².